The number of amides is 1. The van der Waals surface area contributed by atoms with Gasteiger partial charge in [0.2, 0.25) is 5.91 Å². The molecular weight excluding hydrogens is 388 g/mol. The average Bonchev–Trinajstić information content (AvgIpc) is 2.71. The van der Waals surface area contributed by atoms with E-state index in [0.717, 1.165) is 61.1 Å². The Kier molecular flexibility index (Phi) is 8.26. The van der Waals surface area contributed by atoms with E-state index in [4.69, 9.17) is 11.6 Å². The number of carbonyl (C=O) groups is 1. The van der Waals surface area contributed by atoms with Crippen molar-refractivity contribution in [2.24, 2.45) is 5.92 Å². The predicted octanol–water partition coefficient (Wildman–Crippen LogP) is 4.91. The molecule has 28 heavy (non-hydrogen) atoms. The third-order valence-corrected chi connectivity index (χ3v) is 6.56. The fourth-order valence-corrected chi connectivity index (χ4v) is 4.56. The molecule has 1 heterocycles. The molecule has 1 N–H and O–H groups in total. The molecule has 0 saturated carbocycles. The third-order valence-electron chi connectivity index (χ3n) is 5.16. The highest BCUT2D eigenvalue weighted by Gasteiger charge is 2.25. The Bertz CT molecular complexity index is 765. The number of aryl methyl sites for hydroxylation is 1. The van der Waals surface area contributed by atoms with Crippen molar-refractivity contribution in [1.82, 2.24) is 10.2 Å². The van der Waals surface area contributed by atoms with Crippen LogP contribution in [0, 0.1) is 12.8 Å². The van der Waals surface area contributed by atoms with Gasteiger partial charge in [-0.15, -0.1) is 0 Å². The minimum absolute atomic E-state index is 0.0818. The number of nitrogens with zero attached hydrogens (tertiary/aromatic N) is 1. The summed E-state index contributed by atoms with van der Waals surface area (Å²) in [5, 5.41) is 3.94. The number of rotatable bonds is 8. The lowest BCUT2D eigenvalue weighted by molar-refractivity contribution is -0.126. The summed E-state index contributed by atoms with van der Waals surface area (Å²) < 4.78 is 0. The average molecular weight is 417 g/mol. The first-order chi connectivity index (χ1) is 13.6. The second-order valence-corrected chi connectivity index (χ2v) is 9.01. The van der Waals surface area contributed by atoms with Crippen LogP contribution in [0.3, 0.4) is 0 Å². The first-order valence-corrected chi connectivity index (χ1v) is 11.5. The lowest BCUT2D eigenvalue weighted by Crippen LogP contribution is -2.43. The van der Waals surface area contributed by atoms with Gasteiger partial charge in [-0.1, -0.05) is 59.6 Å². The highest BCUT2D eigenvalue weighted by atomic mass is 35.5. The summed E-state index contributed by atoms with van der Waals surface area (Å²) in [6, 6.07) is 16.6. The van der Waals surface area contributed by atoms with Crippen LogP contribution in [0.2, 0.25) is 5.02 Å². The fraction of sp³-hybridized carbons (Fsp3) is 0.435. The standard InChI is InChI=1S/C23H29ClN2OS/c1-18-8-10-19(11-9-18)17-28-14-12-25-23(27)21-6-4-13-26(16-21)15-20-5-2-3-7-22(20)24/h2-3,5,7-11,21H,4,6,12-17H2,1H3,(H,25,27). The molecule has 0 aliphatic carbocycles. The normalized spacial score (nSPS) is 17.4. The summed E-state index contributed by atoms with van der Waals surface area (Å²) >= 11 is 8.15. The van der Waals surface area contributed by atoms with Gasteiger partial charge < -0.3 is 5.32 Å². The zero-order valence-electron chi connectivity index (χ0n) is 16.5. The summed E-state index contributed by atoms with van der Waals surface area (Å²) in [6.07, 6.45) is 2.03. The third kappa shape index (κ3) is 6.54. The van der Waals surface area contributed by atoms with E-state index in [1.165, 1.54) is 11.1 Å². The van der Waals surface area contributed by atoms with Crippen molar-refractivity contribution in [1.29, 1.82) is 0 Å². The van der Waals surface area contributed by atoms with E-state index >= 15 is 0 Å². The van der Waals surface area contributed by atoms with Gasteiger partial charge in [-0.2, -0.15) is 11.8 Å². The molecule has 150 valence electrons. The van der Waals surface area contributed by atoms with Crippen molar-refractivity contribution in [3.8, 4) is 0 Å². The monoisotopic (exact) mass is 416 g/mol. The number of carbonyl (C=O) groups excluding carboxylic acids is 1. The van der Waals surface area contributed by atoms with Crippen LogP contribution >= 0.6 is 23.4 Å². The van der Waals surface area contributed by atoms with Crippen LogP contribution in [0.1, 0.15) is 29.5 Å². The number of thioether (sulfide) groups is 1. The second kappa shape index (κ2) is 10.9. The van der Waals surface area contributed by atoms with Gasteiger partial charge >= 0.3 is 0 Å². The van der Waals surface area contributed by atoms with Crippen molar-refractivity contribution in [2.75, 3.05) is 25.4 Å². The van der Waals surface area contributed by atoms with Crippen molar-refractivity contribution < 1.29 is 4.79 Å². The van der Waals surface area contributed by atoms with E-state index < -0.39 is 0 Å². The van der Waals surface area contributed by atoms with Gasteiger partial charge in [0, 0.05) is 36.2 Å². The Hall–Kier alpha value is -1.49. The zero-order valence-corrected chi connectivity index (χ0v) is 18.1. The van der Waals surface area contributed by atoms with E-state index in [-0.39, 0.29) is 11.8 Å². The lowest BCUT2D eigenvalue weighted by atomic mass is 9.96. The minimum atomic E-state index is 0.0818. The first-order valence-electron chi connectivity index (χ1n) is 9.98. The summed E-state index contributed by atoms with van der Waals surface area (Å²) in [7, 11) is 0. The molecule has 3 nitrogen and oxygen atoms in total. The van der Waals surface area contributed by atoms with E-state index in [2.05, 4.69) is 47.5 Å². The summed E-state index contributed by atoms with van der Waals surface area (Å²) in [5.41, 5.74) is 3.76. The summed E-state index contributed by atoms with van der Waals surface area (Å²) in [5.74, 6) is 2.21. The molecule has 1 fully saturated rings. The smallest absolute Gasteiger partial charge is 0.224 e. The molecule has 0 radical (unpaired) electrons. The largest absolute Gasteiger partial charge is 0.355 e. The number of piperidine rings is 1. The van der Waals surface area contributed by atoms with Crippen LogP contribution in [-0.4, -0.2) is 36.2 Å². The van der Waals surface area contributed by atoms with E-state index in [9.17, 15) is 4.79 Å². The Morgan fingerprint density at radius 3 is 2.79 bits per heavy atom. The van der Waals surface area contributed by atoms with Gasteiger partial charge in [-0.05, 0) is 43.5 Å². The van der Waals surface area contributed by atoms with E-state index in [0.29, 0.717) is 0 Å². The maximum absolute atomic E-state index is 12.6. The number of benzene rings is 2. The van der Waals surface area contributed by atoms with Crippen LogP contribution in [-0.2, 0) is 17.1 Å². The Balaban J connectivity index is 1.36. The molecule has 2 aromatic rings. The summed E-state index contributed by atoms with van der Waals surface area (Å²) in [4.78, 5) is 14.9. The van der Waals surface area contributed by atoms with Crippen molar-refractivity contribution >= 4 is 29.3 Å². The second-order valence-electron chi connectivity index (χ2n) is 7.49. The Morgan fingerprint density at radius 2 is 2.00 bits per heavy atom. The number of nitrogens with one attached hydrogen (secondary N) is 1. The van der Waals surface area contributed by atoms with E-state index in [1.807, 2.05) is 30.0 Å². The number of hydrogen-bond donors (Lipinski definition) is 1. The van der Waals surface area contributed by atoms with Gasteiger partial charge in [0.05, 0.1) is 5.92 Å². The quantitative estimate of drug-likeness (QED) is 0.620. The first kappa shape index (κ1) is 21.2. The van der Waals surface area contributed by atoms with E-state index in [1.54, 1.807) is 0 Å². The van der Waals surface area contributed by atoms with Crippen LogP contribution in [0.25, 0.3) is 0 Å². The lowest BCUT2D eigenvalue weighted by Gasteiger charge is -2.32. The van der Waals surface area contributed by atoms with Crippen molar-refractivity contribution in [3.63, 3.8) is 0 Å². The van der Waals surface area contributed by atoms with Crippen LogP contribution in [0.4, 0.5) is 0 Å². The number of hydrogen-bond acceptors (Lipinski definition) is 3. The van der Waals surface area contributed by atoms with Crippen LogP contribution in [0.5, 0.6) is 0 Å². The molecule has 1 aliphatic rings. The van der Waals surface area contributed by atoms with Gasteiger partial charge in [-0.3, -0.25) is 9.69 Å². The highest BCUT2D eigenvalue weighted by molar-refractivity contribution is 7.98. The molecule has 2 aromatic carbocycles. The Morgan fingerprint density at radius 1 is 1.21 bits per heavy atom. The molecule has 1 amide bonds. The molecule has 1 saturated heterocycles. The molecule has 1 aliphatic heterocycles. The van der Waals surface area contributed by atoms with Gasteiger partial charge in [0.25, 0.3) is 0 Å². The molecule has 5 heteroatoms. The van der Waals surface area contributed by atoms with Crippen molar-refractivity contribution in [3.05, 3.63) is 70.2 Å². The number of likely N-dealkylation sites (tertiary alicyclic amines) is 1. The summed E-state index contributed by atoms with van der Waals surface area (Å²) in [6.45, 7) is 5.49. The molecule has 3 rings (SSSR count). The predicted molar refractivity (Wildman–Crippen MR) is 120 cm³/mol. The highest BCUT2D eigenvalue weighted by Crippen LogP contribution is 2.22. The molecule has 0 spiro atoms. The van der Waals surface area contributed by atoms with Crippen LogP contribution < -0.4 is 5.32 Å². The molecular formula is C23H29ClN2OS. The fourth-order valence-electron chi connectivity index (χ4n) is 3.55. The van der Waals surface area contributed by atoms with Gasteiger partial charge in [-0.25, -0.2) is 0 Å². The van der Waals surface area contributed by atoms with Gasteiger partial charge in [0.15, 0.2) is 0 Å². The maximum atomic E-state index is 12.6. The SMILES string of the molecule is Cc1ccc(CSCCNC(=O)C2CCCN(Cc3ccccc3Cl)C2)cc1. The van der Waals surface area contributed by atoms with Gasteiger partial charge in [0.1, 0.15) is 0 Å². The Labute approximate surface area is 177 Å². The topological polar surface area (TPSA) is 32.3 Å². The minimum Gasteiger partial charge on any atom is -0.355 e. The number of halogens is 1. The molecule has 0 bridgehead atoms. The molecule has 0 aromatic heterocycles. The zero-order chi connectivity index (χ0) is 19.8. The van der Waals surface area contributed by atoms with Crippen molar-refractivity contribution in [2.45, 2.75) is 32.1 Å². The molecule has 1 atom stereocenters. The van der Waals surface area contributed by atoms with Crippen LogP contribution in [0.15, 0.2) is 48.5 Å². The maximum Gasteiger partial charge on any atom is 0.224 e. The molecule has 1 unspecified atom stereocenters.